The molecule has 4 heteroatoms. The van der Waals surface area contributed by atoms with Crippen LogP contribution in [0.25, 0.3) is 6.08 Å². The summed E-state index contributed by atoms with van der Waals surface area (Å²) in [6.45, 7) is 0. The quantitative estimate of drug-likeness (QED) is 0.728. The molecule has 12 heavy (non-hydrogen) atoms. The van der Waals surface area contributed by atoms with Crippen LogP contribution in [0.15, 0.2) is 35.2 Å². The average Bonchev–Trinajstić information content (AvgIpc) is 2.02. The van der Waals surface area contributed by atoms with Crippen LogP contribution in [0.1, 0.15) is 5.56 Å². The molecule has 0 radical (unpaired) electrons. The molecule has 0 bridgehead atoms. The van der Waals surface area contributed by atoms with Crippen molar-refractivity contribution in [2.24, 2.45) is 0 Å². The summed E-state index contributed by atoms with van der Waals surface area (Å²) in [5.74, 6) is 0. The summed E-state index contributed by atoms with van der Waals surface area (Å²) in [5, 5.41) is 0. The molecule has 1 aromatic rings. The zero-order valence-corrected chi connectivity index (χ0v) is 8.17. The number of rotatable bonds is 2. The normalized spacial score (nSPS) is 12.2. The van der Waals surface area contributed by atoms with Crippen LogP contribution in [0.5, 0.6) is 0 Å². The molecule has 0 unspecified atom stereocenters. The first-order valence-corrected chi connectivity index (χ1v) is 6.90. The Morgan fingerprint density at radius 1 is 1.17 bits per heavy atom. The summed E-state index contributed by atoms with van der Waals surface area (Å²) in [6, 6.07) is 9.03. The molecule has 0 aromatic heterocycles. The minimum atomic E-state index is -4.58. The maximum absolute atomic E-state index is 10.5. The Kier molecular flexibility index (Phi) is 2.93. The molecule has 0 aliphatic heterocycles. The number of hydrogen-bond acceptors (Lipinski definition) is 1. The first-order chi connectivity index (χ1) is 5.58. The van der Waals surface area contributed by atoms with Gasteiger partial charge in [0.2, 0.25) is 0 Å². The molecule has 2 N–H and O–H groups in total. The number of hydrogen-bond donors (Lipinski definition) is 2. The molecule has 0 aliphatic rings. The van der Waals surface area contributed by atoms with Crippen molar-refractivity contribution in [1.82, 2.24) is 0 Å². The molecule has 0 aliphatic carbocycles. The Labute approximate surface area is 73.4 Å². The third-order valence-electron chi connectivity index (χ3n) is 1.26. The molecule has 0 spiro atoms. The zero-order valence-electron chi connectivity index (χ0n) is 6.29. The molecule has 0 amide bonds. The van der Waals surface area contributed by atoms with Gasteiger partial charge in [-0.05, 0) is 0 Å². The van der Waals surface area contributed by atoms with E-state index in [-0.39, 0.29) is 0 Å². The van der Waals surface area contributed by atoms with E-state index >= 15 is 0 Å². The van der Waals surface area contributed by atoms with Crippen LogP contribution >= 0.6 is 0 Å². The first kappa shape index (κ1) is 9.33. The predicted molar refractivity (Wildman–Crippen MR) is 46.4 cm³/mol. The van der Waals surface area contributed by atoms with Crippen LogP contribution in [0.3, 0.4) is 0 Å². The Morgan fingerprint density at radius 2 is 1.75 bits per heavy atom. The zero-order chi connectivity index (χ0) is 9.03. The monoisotopic (exact) mass is 228 g/mol. The van der Waals surface area contributed by atoms with Crippen molar-refractivity contribution in [1.29, 1.82) is 0 Å². The second kappa shape index (κ2) is 3.76. The second-order valence-electron chi connectivity index (χ2n) is 2.32. The predicted octanol–water partition coefficient (Wildman–Crippen LogP) is 0.593. The van der Waals surface area contributed by atoms with Gasteiger partial charge in [0.1, 0.15) is 0 Å². The second-order valence-corrected chi connectivity index (χ2v) is 5.41. The van der Waals surface area contributed by atoms with Crippen molar-refractivity contribution < 1.29 is 11.9 Å². The van der Waals surface area contributed by atoms with Gasteiger partial charge < -0.3 is 0 Å². The molecule has 64 valence electrons. The van der Waals surface area contributed by atoms with Gasteiger partial charge in [0.05, 0.1) is 0 Å². The molecule has 0 atom stereocenters. The standard InChI is InChI=1S/C8H9AsO3/c10-9(11,12)7-6-8-4-2-1-3-5-8/h1-7H,(H2,10,11,12). The fraction of sp³-hybridized carbons (Fsp3) is 0. The summed E-state index contributed by atoms with van der Waals surface area (Å²) < 4.78 is 27.6. The van der Waals surface area contributed by atoms with Gasteiger partial charge in [-0.25, -0.2) is 0 Å². The van der Waals surface area contributed by atoms with E-state index in [1.165, 1.54) is 6.08 Å². The van der Waals surface area contributed by atoms with Crippen molar-refractivity contribution in [3.63, 3.8) is 0 Å². The van der Waals surface area contributed by atoms with Crippen LogP contribution < -0.4 is 0 Å². The van der Waals surface area contributed by atoms with E-state index in [9.17, 15) is 3.74 Å². The average molecular weight is 228 g/mol. The van der Waals surface area contributed by atoms with Crippen LogP contribution in [0, 0.1) is 0 Å². The van der Waals surface area contributed by atoms with Crippen molar-refractivity contribution in [2.75, 3.05) is 0 Å². The van der Waals surface area contributed by atoms with Gasteiger partial charge in [0.15, 0.2) is 0 Å². The summed E-state index contributed by atoms with van der Waals surface area (Å²) in [7, 11) is 0. The maximum atomic E-state index is 10.5. The minimum absolute atomic E-state index is 0.794. The van der Waals surface area contributed by atoms with Crippen molar-refractivity contribution in [3.8, 4) is 0 Å². The van der Waals surface area contributed by atoms with E-state index in [0.29, 0.717) is 0 Å². The van der Waals surface area contributed by atoms with Gasteiger partial charge in [0.25, 0.3) is 0 Å². The van der Waals surface area contributed by atoms with Crippen molar-refractivity contribution in [2.45, 2.75) is 0 Å². The van der Waals surface area contributed by atoms with E-state index in [4.69, 9.17) is 8.19 Å². The Bertz CT molecular complexity index is 312. The van der Waals surface area contributed by atoms with Crippen molar-refractivity contribution >= 4 is 20.2 Å². The summed E-state index contributed by atoms with van der Waals surface area (Å²) in [6.07, 6.45) is 1.43. The molecule has 3 nitrogen and oxygen atoms in total. The van der Waals surface area contributed by atoms with Crippen LogP contribution in [-0.2, 0) is 3.74 Å². The molecule has 0 fully saturated rings. The number of benzene rings is 1. The van der Waals surface area contributed by atoms with Gasteiger partial charge in [-0.1, -0.05) is 0 Å². The molecule has 1 rings (SSSR count). The Hall–Kier alpha value is -0.762. The van der Waals surface area contributed by atoms with Gasteiger partial charge in [-0.2, -0.15) is 0 Å². The van der Waals surface area contributed by atoms with Crippen molar-refractivity contribution in [3.05, 3.63) is 40.8 Å². The fourth-order valence-corrected chi connectivity index (χ4v) is 1.52. The Morgan fingerprint density at radius 3 is 2.25 bits per heavy atom. The van der Waals surface area contributed by atoms with Gasteiger partial charge >= 0.3 is 72.9 Å². The van der Waals surface area contributed by atoms with E-state index in [2.05, 4.69) is 0 Å². The summed E-state index contributed by atoms with van der Waals surface area (Å²) in [5.41, 5.74) is 0.794. The topological polar surface area (TPSA) is 57.5 Å². The van der Waals surface area contributed by atoms with Crippen LogP contribution in [0.2, 0.25) is 0 Å². The van der Waals surface area contributed by atoms with Gasteiger partial charge in [-0.3, -0.25) is 0 Å². The van der Waals surface area contributed by atoms with E-state index in [1.807, 2.05) is 18.2 Å². The Balaban J connectivity index is 2.78. The molecular weight excluding hydrogens is 219 g/mol. The molecule has 0 saturated carbocycles. The van der Waals surface area contributed by atoms with E-state index in [0.717, 1.165) is 10.4 Å². The van der Waals surface area contributed by atoms with Gasteiger partial charge in [0, 0.05) is 0 Å². The van der Waals surface area contributed by atoms with E-state index < -0.39 is 14.2 Å². The molecule has 0 heterocycles. The van der Waals surface area contributed by atoms with Crippen LogP contribution in [0.4, 0.5) is 0 Å². The molecule has 1 aromatic carbocycles. The first-order valence-electron chi connectivity index (χ1n) is 3.37. The molecular formula is C8H9AsO3. The van der Waals surface area contributed by atoms with E-state index in [1.54, 1.807) is 12.1 Å². The summed E-state index contributed by atoms with van der Waals surface area (Å²) >= 11 is -4.58. The van der Waals surface area contributed by atoms with Crippen LogP contribution in [-0.4, -0.2) is 22.4 Å². The fourth-order valence-electron chi connectivity index (χ4n) is 0.747. The van der Waals surface area contributed by atoms with Gasteiger partial charge in [-0.15, -0.1) is 0 Å². The third-order valence-corrected chi connectivity index (χ3v) is 2.39. The summed E-state index contributed by atoms with van der Waals surface area (Å²) in [4.78, 5) is 0.952. The third kappa shape index (κ3) is 3.58. The molecule has 0 saturated heterocycles. The SMILES string of the molecule is O=[As](O)(O)C=Cc1ccccc1.